The highest BCUT2D eigenvalue weighted by Crippen LogP contribution is 2.46. The molecule has 3 rings (SSSR count). The van der Waals surface area contributed by atoms with E-state index in [2.05, 4.69) is 0 Å². The summed E-state index contributed by atoms with van der Waals surface area (Å²) in [6.45, 7) is -1.16. The molecule has 0 radical (unpaired) electrons. The average molecular weight is 382 g/mol. The maximum Gasteiger partial charge on any atom is 0.471 e. The van der Waals surface area contributed by atoms with Crippen molar-refractivity contribution in [3.05, 3.63) is 24.3 Å². The molecule has 0 bridgehead atoms. The van der Waals surface area contributed by atoms with E-state index in [1.54, 1.807) is 0 Å². The van der Waals surface area contributed by atoms with E-state index in [1.807, 2.05) is 0 Å². The average Bonchev–Trinajstić information content (AvgIpc) is 3.17. The van der Waals surface area contributed by atoms with Crippen LogP contribution < -0.4 is 0 Å². The highest BCUT2D eigenvalue weighted by Gasteiger charge is 2.61. The molecular weight excluding hydrogens is 366 g/mol. The standard InChI is InChI=1S/C16H16F6N2O2/c17-15(18,19)11(25)23-10-14(7-3-4-8-14)24(12(26)16(20,21)22)9-13(23)5-1-2-6-13/h1-4H,5-10H2. The first-order valence-corrected chi connectivity index (χ1v) is 7.99. The predicted molar refractivity (Wildman–Crippen MR) is 77.7 cm³/mol. The largest absolute Gasteiger partial charge is 0.471 e. The normalized spacial score (nSPS) is 24.1. The van der Waals surface area contributed by atoms with Gasteiger partial charge in [-0.25, -0.2) is 0 Å². The van der Waals surface area contributed by atoms with Gasteiger partial charge in [-0.2, -0.15) is 26.3 Å². The molecule has 0 aromatic carbocycles. The zero-order chi connectivity index (χ0) is 19.4. The van der Waals surface area contributed by atoms with Gasteiger partial charge in [-0.05, 0) is 25.7 Å². The van der Waals surface area contributed by atoms with Crippen LogP contribution in [-0.2, 0) is 9.59 Å². The van der Waals surface area contributed by atoms with Crippen LogP contribution in [0.25, 0.3) is 0 Å². The van der Waals surface area contributed by atoms with Crippen LogP contribution in [0.2, 0.25) is 0 Å². The number of rotatable bonds is 0. The van der Waals surface area contributed by atoms with Crippen LogP contribution >= 0.6 is 0 Å². The summed E-state index contributed by atoms with van der Waals surface area (Å²) in [5.74, 6) is -4.15. The Balaban J connectivity index is 2.03. The van der Waals surface area contributed by atoms with Crippen LogP contribution in [-0.4, -0.2) is 58.1 Å². The second kappa shape index (κ2) is 5.75. The topological polar surface area (TPSA) is 40.6 Å². The lowest BCUT2D eigenvalue weighted by atomic mass is 9.81. The molecule has 0 atom stereocenters. The summed E-state index contributed by atoms with van der Waals surface area (Å²) < 4.78 is 78.6. The summed E-state index contributed by atoms with van der Waals surface area (Å²) in [7, 11) is 0. The summed E-state index contributed by atoms with van der Waals surface area (Å²) in [5.41, 5.74) is -3.00. The van der Waals surface area contributed by atoms with E-state index >= 15 is 0 Å². The molecule has 26 heavy (non-hydrogen) atoms. The fraction of sp³-hybridized carbons (Fsp3) is 0.625. The van der Waals surface area contributed by atoms with E-state index in [-0.39, 0.29) is 25.7 Å². The van der Waals surface area contributed by atoms with E-state index in [4.69, 9.17) is 0 Å². The molecule has 2 aliphatic carbocycles. The summed E-state index contributed by atoms with van der Waals surface area (Å²) >= 11 is 0. The first kappa shape index (κ1) is 18.8. The van der Waals surface area contributed by atoms with Crippen LogP contribution in [0.15, 0.2) is 24.3 Å². The van der Waals surface area contributed by atoms with Gasteiger partial charge in [0.05, 0.1) is 11.1 Å². The minimum atomic E-state index is -5.14. The fourth-order valence-corrected chi connectivity index (χ4v) is 4.05. The molecule has 1 fully saturated rings. The fourth-order valence-electron chi connectivity index (χ4n) is 4.05. The summed E-state index contributed by atoms with van der Waals surface area (Å²) in [6.07, 6.45) is -4.29. The Bertz CT molecular complexity index is 605. The number of hydrogen-bond donors (Lipinski definition) is 0. The molecule has 1 aliphatic heterocycles. The van der Waals surface area contributed by atoms with E-state index in [0.29, 0.717) is 9.80 Å². The van der Waals surface area contributed by atoms with Crippen LogP contribution in [0.1, 0.15) is 25.7 Å². The van der Waals surface area contributed by atoms with Crippen molar-refractivity contribution in [2.45, 2.75) is 49.1 Å². The summed E-state index contributed by atoms with van der Waals surface area (Å²) in [6, 6.07) is 0. The molecule has 4 nitrogen and oxygen atoms in total. The number of piperazine rings is 1. The molecule has 2 amide bonds. The molecule has 0 aromatic rings. The predicted octanol–water partition coefficient (Wildman–Crippen LogP) is 2.96. The van der Waals surface area contributed by atoms with E-state index in [1.165, 1.54) is 24.3 Å². The lowest BCUT2D eigenvalue weighted by molar-refractivity contribution is -0.212. The lowest BCUT2D eigenvalue weighted by Gasteiger charge is -2.57. The second-order valence-electron chi connectivity index (χ2n) is 6.99. The Hall–Kier alpha value is -2.00. The number of alkyl halides is 6. The minimum Gasteiger partial charge on any atom is -0.324 e. The number of halogens is 6. The van der Waals surface area contributed by atoms with Crippen molar-refractivity contribution in [1.82, 2.24) is 9.80 Å². The molecule has 144 valence electrons. The van der Waals surface area contributed by atoms with Crippen LogP contribution in [0, 0.1) is 0 Å². The van der Waals surface area contributed by atoms with E-state index < -0.39 is 48.3 Å². The third-order valence-electron chi connectivity index (χ3n) is 5.35. The van der Waals surface area contributed by atoms with Gasteiger partial charge >= 0.3 is 24.2 Å². The Kier molecular flexibility index (Phi) is 4.15. The van der Waals surface area contributed by atoms with Gasteiger partial charge in [0.2, 0.25) is 0 Å². The molecule has 1 saturated heterocycles. The van der Waals surface area contributed by atoms with E-state index in [9.17, 15) is 35.9 Å². The molecule has 0 saturated carbocycles. The summed E-state index contributed by atoms with van der Waals surface area (Å²) in [5, 5.41) is 0. The second-order valence-corrected chi connectivity index (χ2v) is 6.99. The maximum atomic E-state index is 13.1. The monoisotopic (exact) mass is 382 g/mol. The highest BCUT2D eigenvalue weighted by atomic mass is 19.4. The van der Waals surface area contributed by atoms with E-state index in [0.717, 1.165) is 0 Å². The van der Waals surface area contributed by atoms with Crippen molar-refractivity contribution < 1.29 is 35.9 Å². The minimum absolute atomic E-state index is 0.0278. The number of amides is 2. The van der Waals surface area contributed by atoms with Crippen LogP contribution in [0.5, 0.6) is 0 Å². The Labute approximate surface area is 145 Å². The molecule has 10 heteroatoms. The quantitative estimate of drug-likeness (QED) is 0.478. The van der Waals surface area contributed by atoms with Crippen molar-refractivity contribution in [3.63, 3.8) is 0 Å². The Morgan fingerprint density at radius 1 is 0.654 bits per heavy atom. The molecule has 2 spiro atoms. The van der Waals surface area contributed by atoms with Gasteiger partial charge < -0.3 is 9.80 Å². The highest BCUT2D eigenvalue weighted by molar-refractivity contribution is 5.86. The zero-order valence-corrected chi connectivity index (χ0v) is 13.5. The zero-order valence-electron chi connectivity index (χ0n) is 13.5. The van der Waals surface area contributed by atoms with Gasteiger partial charge in [-0.15, -0.1) is 0 Å². The number of nitrogens with zero attached hydrogens (tertiary/aromatic N) is 2. The van der Waals surface area contributed by atoms with Gasteiger partial charge in [0.25, 0.3) is 0 Å². The smallest absolute Gasteiger partial charge is 0.324 e. The first-order chi connectivity index (χ1) is 11.9. The van der Waals surface area contributed by atoms with Gasteiger partial charge in [-0.3, -0.25) is 9.59 Å². The third-order valence-corrected chi connectivity index (χ3v) is 5.35. The Morgan fingerprint density at radius 3 is 1.15 bits per heavy atom. The molecule has 0 N–H and O–H groups in total. The van der Waals surface area contributed by atoms with Gasteiger partial charge in [-0.1, -0.05) is 24.3 Å². The van der Waals surface area contributed by atoms with Crippen molar-refractivity contribution in [2.75, 3.05) is 13.1 Å². The van der Waals surface area contributed by atoms with Crippen LogP contribution in [0.3, 0.4) is 0 Å². The molecular formula is C16H16F6N2O2. The van der Waals surface area contributed by atoms with Crippen molar-refractivity contribution in [3.8, 4) is 0 Å². The third kappa shape index (κ3) is 2.88. The molecule has 0 unspecified atom stereocenters. The van der Waals surface area contributed by atoms with Gasteiger partial charge in [0.15, 0.2) is 0 Å². The van der Waals surface area contributed by atoms with Crippen molar-refractivity contribution in [2.24, 2.45) is 0 Å². The number of hydrogen-bond acceptors (Lipinski definition) is 2. The lowest BCUT2D eigenvalue weighted by Crippen LogP contribution is -2.74. The molecule has 1 heterocycles. The first-order valence-electron chi connectivity index (χ1n) is 7.99. The number of carbonyl (C=O) groups excluding carboxylic acids is 2. The molecule has 3 aliphatic rings. The molecule has 0 aromatic heterocycles. The summed E-state index contributed by atoms with van der Waals surface area (Å²) in [4.78, 5) is 25.3. The van der Waals surface area contributed by atoms with Crippen molar-refractivity contribution >= 4 is 11.8 Å². The Morgan fingerprint density at radius 2 is 0.923 bits per heavy atom. The van der Waals surface area contributed by atoms with Gasteiger partial charge in [0.1, 0.15) is 0 Å². The SMILES string of the molecule is O=C(N1CC2(CC=CC2)N(C(=O)C(F)(F)F)CC12CC=CC2)C(F)(F)F. The van der Waals surface area contributed by atoms with Gasteiger partial charge in [0, 0.05) is 13.1 Å². The maximum absolute atomic E-state index is 13.1. The van der Waals surface area contributed by atoms with Crippen molar-refractivity contribution in [1.29, 1.82) is 0 Å². The van der Waals surface area contributed by atoms with Crippen LogP contribution in [0.4, 0.5) is 26.3 Å². The number of carbonyl (C=O) groups is 2.